The van der Waals surface area contributed by atoms with Gasteiger partial charge in [-0.15, -0.1) is 12.4 Å². The highest BCUT2D eigenvalue weighted by atomic mass is 35.5. The van der Waals surface area contributed by atoms with Crippen LogP contribution in [0.2, 0.25) is 0 Å². The van der Waals surface area contributed by atoms with Crippen LogP contribution in [-0.2, 0) is 11.2 Å². The Bertz CT molecular complexity index is 505. The Morgan fingerprint density at radius 2 is 1.95 bits per heavy atom. The number of carbonyl (C=O) groups is 1. The van der Waals surface area contributed by atoms with Crippen LogP contribution in [0, 0.1) is 11.7 Å². The molecular weight excluding hydrogens is 303 g/mol. The number of halogens is 2. The highest BCUT2D eigenvalue weighted by Gasteiger charge is 2.35. The van der Waals surface area contributed by atoms with E-state index in [1.54, 1.807) is 18.2 Å². The summed E-state index contributed by atoms with van der Waals surface area (Å²) in [4.78, 5) is 14.6. The Kier molecular flexibility index (Phi) is 6.21. The van der Waals surface area contributed by atoms with E-state index in [2.05, 4.69) is 5.32 Å². The second-order valence-electron chi connectivity index (χ2n) is 6.15. The van der Waals surface area contributed by atoms with Gasteiger partial charge in [-0.1, -0.05) is 18.2 Å². The Labute approximate surface area is 137 Å². The van der Waals surface area contributed by atoms with Gasteiger partial charge in [0.2, 0.25) is 5.91 Å². The van der Waals surface area contributed by atoms with Gasteiger partial charge in [-0.2, -0.15) is 0 Å². The smallest absolute Gasteiger partial charge is 0.227 e. The van der Waals surface area contributed by atoms with Crippen LogP contribution in [0.4, 0.5) is 4.39 Å². The van der Waals surface area contributed by atoms with Crippen LogP contribution in [0.5, 0.6) is 0 Å². The van der Waals surface area contributed by atoms with E-state index in [1.165, 1.54) is 6.07 Å². The molecule has 3 nitrogen and oxygen atoms in total. The number of benzene rings is 1. The van der Waals surface area contributed by atoms with Gasteiger partial charge in [0.05, 0.1) is 6.42 Å². The molecule has 0 aliphatic carbocycles. The maximum Gasteiger partial charge on any atom is 0.227 e. The summed E-state index contributed by atoms with van der Waals surface area (Å²) in [5.41, 5.74) is 0.512. The lowest BCUT2D eigenvalue weighted by molar-refractivity contribution is -0.132. The summed E-state index contributed by atoms with van der Waals surface area (Å²) in [5.74, 6) is 0.419. The molecule has 2 fully saturated rings. The normalized spacial score (nSPS) is 22.4. The number of hydrogen-bond acceptors (Lipinski definition) is 2. The second-order valence-corrected chi connectivity index (χ2v) is 6.15. The SMILES string of the molecule is Cl.O=C(Cc1ccccc1F)N1CCCC1C1CCNCC1. The average Bonchev–Trinajstić information content (AvgIpc) is 3.00. The number of piperidine rings is 1. The molecule has 1 unspecified atom stereocenters. The van der Waals surface area contributed by atoms with Gasteiger partial charge in [-0.3, -0.25) is 4.79 Å². The molecule has 2 aliphatic rings. The molecule has 0 bridgehead atoms. The summed E-state index contributed by atoms with van der Waals surface area (Å²) in [6.45, 7) is 2.94. The van der Waals surface area contributed by atoms with Crippen LogP contribution in [-0.4, -0.2) is 36.5 Å². The third-order valence-corrected chi connectivity index (χ3v) is 4.85. The summed E-state index contributed by atoms with van der Waals surface area (Å²) in [7, 11) is 0. The predicted octanol–water partition coefficient (Wildman–Crippen LogP) is 2.78. The molecule has 1 aromatic rings. The number of carbonyl (C=O) groups excluding carboxylic acids is 1. The molecule has 1 aromatic carbocycles. The van der Waals surface area contributed by atoms with E-state index in [-0.39, 0.29) is 30.6 Å². The zero-order valence-electron chi connectivity index (χ0n) is 12.8. The van der Waals surface area contributed by atoms with Crippen LogP contribution in [0.25, 0.3) is 0 Å². The van der Waals surface area contributed by atoms with Crippen molar-refractivity contribution in [1.82, 2.24) is 10.2 Å². The van der Waals surface area contributed by atoms with Crippen LogP contribution in [0.15, 0.2) is 24.3 Å². The van der Waals surface area contributed by atoms with Crippen molar-refractivity contribution in [2.45, 2.75) is 38.1 Å². The van der Waals surface area contributed by atoms with Crippen LogP contribution >= 0.6 is 12.4 Å². The molecule has 0 spiro atoms. The van der Waals surface area contributed by atoms with Gasteiger partial charge >= 0.3 is 0 Å². The highest BCUT2D eigenvalue weighted by Crippen LogP contribution is 2.30. The Hall–Kier alpha value is -1.13. The lowest BCUT2D eigenvalue weighted by Gasteiger charge is -2.34. The minimum absolute atomic E-state index is 0. The molecule has 1 N–H and O–H groups in total. The van der Waals surface area contributed by atoms with Crippen LogP contribution in [0.1, 0.15) is 31.2 Å². The summed E-state index contributed by atoms with van der Waals surface area (Å²) >= 11 is 0. The van der Waals surface area contributed by atoms with E-state index in [4.69, 9.17) is 0 Å². The van der Waals surface area contributed by atoms with Crippen LogP contribution in [0.3, 0.4) is 0 Å². The molecule has 2 heterocycles. The molecule has 5 heteroatoms. The van der Waals surface area contributed by atoms with Crippen molar-refractivity contribution in [3.05, 3.63) is 35.6 Å². The Balaban J connectivity index is 0.00000176. The minimum atomic E-state index is -0.275. The fourth-order valence-electron chi connectivity index (χ4n) is 3.73. The number of nitrogens with zero attached hydrogens (tertiary/aromatic N) is 1. The largest absolute Gasteiger partial charge is 0.339 e. The molecule has 122 valence electrons. The maximum absolute atomic E-state index is 13.7. The quantitative estimate of drug-likeness (QED) is 0.926. The molecule has 3 rings (SSSR count). The lowest BCUT2D eigenvalue weighted by atomic mass is 9.88. The van der Waals surface area contributed by atoms with Gasteiger partial charge in [0.25, 0.3) is 0 Å². The first kappa shape index (κ1) is 17.2. The first-order chi connectivity index (χ1) is 10.3. The molecule has 0 saturated carbocycles. The fraction of sp³-hybridized carbons (Fsp3) is 0.588. The monoisotopic (exact) mass is 326 g/mol. The van der Waals surface area contributed by atoms with Crippen molar-refractivity contribution < 1.29 is 9.18 Å². The van der Waals surface area contributed by atoms with Crippen molar-refractivity contribution in [3.8, 4) is 0 Å². The first-order valence-corrected chi connectivity index (χ1v) is 7.99. The van der Waals surface area contributed by atoms with E-state index in [9.17, 15) is 9.18 Å². The van der Waals surface area contributed by atoms with Crippen molar-refractivity contribution >= 4 is 18.3 Å². The zero-order chi connectivity index (χ0) is 14.7. The molecule has 1 atom stereocenters. The summed E-state index contributed by atoms with van der Waals surface area (Å²) in [6.07, 6.45) is 4.67. The Morgan fingerprint density at radius 1 is 1.23 bits per heavy atom. The molecule has 0 radical (unpaired) electrons. The minimum Gasteiger partial charge on any atom is -0.339 e. The number of rotatable bonds is 3. The number of likely N-dealkylation sites (tertiary alicyclic amines) is 1. The topological polar surface area (TPSA) is 32.3 Å². The molecule has 22 heavy (non-hydrogen) atoms. The van der Waals surface area contributed by atoms with E-state index in [1.807, 2.05) is 4.90 Å². The van der Waals surface area contributed by atoms with Crippen molar-refractivity contribution in [2.24, 2.45) is 5.92 Å². The van der Waals surface area contributed by atoms with Gasteiger partial charge in [-0.05, 0) is 56.3 Å². The second kappa shape index (κ2) is 7.93. The first-order valence-electron chi connectivity index (χ1n) is 7.99. The third-order valence-electron chi connectivity index (χ3n) is 4.85. The van der Waals surface area contributed by atoms with Gasteiger partial charge in [0.15, 0.2) is 0 Å². The van der Waals surface area contributed by atoms with Crippen molar-refractivity contribution in [3.63, 3.8) is 0 Å². The number of amides is 1. The molecule has 0 aromatic heterocycles. The standard InChI is InChI=1S/C17H23FN2O.ClH/c18-15-5-2-1-4-14(15)12-17(21)20-11-3-6-16(20)13-7-9-19-10-8-13;/h1-2,4-5,13,16,19H,3,6-12H2;1H. The number of hydrogen-bond donors (Lipinski definition) is 1. The summed E-state index contributed by atoms with van der Waals surface area (Å²) < 4.78 is 13.7. The third kappa shape index (κ3) is 3.79. The number of nitrogens with one attached hydrogen (secondary N) is 1. The predicted molar refractivity (Wildman–Crippen MR) is 87.7 cm³/mol. The van der Waals surface area contributed by atoms with Crippen molar-refractivity contribution in [2.75, 3.05) is 19.6 Å². The van der Waals surface area contributed by atoms with Gasteiger partial charge in [0.1, 0.15) is 5.82 Å². The lowest BCUT2D eigenvalue weighted by Crippen LogP contribution is -2.44. The van der Waals surface area contributed by atoms with E-state index in [0.717, 1.165) is 45.3 Å². The summed E-state index contributed by atoms with van der Waals surface area (Å²) in [6, 6.07) is 6.96. The van der Waals surface area contributed by atoms with Gasteiger partial charge < -0.3 is 10.2 Å². The molecular formula is C17H24ClFN2O. The summed E-state index contributed by atoms with van der Waals surface area (Å²) in [5, 5.41) is 3.38. The van der Waals surface area contributed by atoms with Gasteiger partial charge in [-0.25, -0.2) is 4.39 Å². The molecule has 2 saturated heterocycles. The van der Waals surface area contributed by atoms with E-state index >= 15 is 0 Å². The van der Waals surface area contributed by atoms with E-state index < -0.39 is 0 Å². The zero-order valence-corrected chi connectivity index (χ0v) is 13.6. The highest BCUT2D eigenvalue weighted by molar-refractivity contribution is 5.85. The van der Waals surface area contributed by atoms with Crippen molar-refractivity contribution in [1.29, 1.82) is 0 Å². The molecule has 1 amide bonds. The molecule has 2 aliphatic heterocycles. The van der Waals surface area contributed by atoms with Gasteiger partial charge in [0, 0.05) is 12.6 Å². The average molecular weight is 327 g/mol. The van der Waals surface area contributed by atoms with Crippen LogP contribution < -0.4 is 5.32 Å². The fourth-order valence-corrected chi connectivity index (χ4v) is 3.73. The Morgan fingerprint density at radius 3 is 2.68 bits per heavy atom. The van der Waals surface area contributed by atoms with E-state index in [0.29, 0.717) is 17.5 Å². The maximum atomic E-state index is 13.7.